The van der Waals surface area contributed by atoms with Gasteiger partial charge >= 0.3 is 6.09 Å². The highest BCUT2D eigenvalue weighted by Crippen LogP contribution is 2.31. The van der Waals surface area contributed by atoms with Crippen molar-refractivity contribution in [2.45, 2.75) is 19.9 Å². The molecule has 7 heteroatoms. The summed E-state index contributed by atoms with van der Waals surface area (Å²) < 4.78 is 4.72. The van der Waals surface area contributed by atoms with Crippen molar-refractivity contribution in [2.24, 2.45) is 0 Å². The second-order valence-corrected chi connectivity index (χ2v) is 7.53. The highest BCUT2D eigenvalue weighted by molar-refractivity contribution is 5.94. The lowest BCUT2D eigenvalue weighted by Crippen LogP contribution is -2.45. The molecule has 3 rings (SSSR count). The number of carbonyl (C=O) groups is 2. The molecule has 0 spiro atoms. The maximum absolute atomic E-state index is 12.7. The molecule has 1 heterocycles. The van der Waals surface area contributed by atoms with Crippen LogP contribution in [0.3, 0.4) is 0 Å². The standard InChI is InChI=1S/C24H32N4O3/c1-4-27(5-2)23(29)19-11-9-18(10-12-19)22(28-15-13-25-14-16-28)20-7-6-8-21(17-20)26-24(30)31-3/h6-12,17,22,25H,4-5,13-16H2,1-3H3,(H,26,30)/t22-/m1/s1. The van der Waals surface area contributed by atoms with Gasteiger partial charge in [-0.25, -0.2) is 4.79 Å². The van der Waals surface area contributed by atoms with Crippen LogP contribution < -0.4 is 10.6 Å². The predicted octanol–water partition coefficient (Wildman–Crippen LogP) is 3.34. The van der Waals surface area contributed by atoms with Gasteiger partial charge in [-0.2, -0.15) is 0 Å². The normalized spacial score (nSPS) is 15.2. The van der Waals surface area contributed by atoms with E-state index in [9.17, 15) is 9.59 Å². The van der Waals surface area contributed by atoms with Crippen molar-refractivity contribution in [2.75, 3.05) is 51.7 Å². The number of benzene rings is 2. The van der Waals surface area contributed by atoms with Crippen LogP contribution in [0.15, 0.2) is 48.5 Å². The Morgan fingerprint density at radius 1 is 1.06 bits per heavy atom. The van der Waals surface area contributed by atoms with Gasteiger partial charge in [-0.05, 0) is 49.2 Å². The Hall–Kier alpha value is -2.90. The number of nitrogens with zero attached hydrogens (tertiary/aromatic N) is 2. The number of nitrogens with one attached hydrogen (secondary N) is 2. The third-order valence-corrected chi connectivity index (χ3v) is 5.67. The molecule has 0 aliphatic carbocycles. The van der Waals surface area contributed by atoms with Gasteiger partial charge in [0.2, 0.25) is 0 Å². The first kappa shape index (κ1) is 22.8. The zero-order chi connectivity index (χ0) is 22.2. The fourth-order valence-corrected chi connectivity index (χ4v) is 4.01. The van der Waals surface area contributed by atoms with E-state index < -0.39 is 6.09 Å². The van der Waals surface area contributed by atoms with Crippen molar-refractivity contribution in [3.05, 3.63) is 65.2 Å². The van der Waals surface area contributed by atoms with E-state index in [2.05, 4.69) is 21.6 Å². The summed E-state index contributed by atoms with van der Waals surface area (Å²) in [6.07, 6.45) is -0.491. The summed E-state index contributed by atoms with van der Waals surface area (Å²) in [6, 6.07) is 15.8. The molecule has 2 amide bonds. The zero-order valence-electron chi connectivity index (χ0n) is 18.6. The van der Waals surface area contributed by atoms with Crippen LogP contribution in [-0.2, 0) is 4.74 Å². The minimum absolute atomic E-state index is 0.0269. The van der Waals surface area contributed by atoms with Gasteiger partial charge in [0.25, 0.3) is 5.91 Å². The summed E-state index contributed by atoms with van der Waals surface area (Å²) in [5, 5.41) is 6.15. The summed E-state index contributed by atoms with van der Waals surface area (Å²) in [4.78, 5) is 28.6. The number of methoxy groups -OCH3 is 1. The average molecular weight is 425 g/mol. The first-order valence-corrected chi connectivity index (χ1v) is 10.9. The Bertz CT molecular complexity index is 875. The Kier molecular flexibility index (Phi) is 8.03. The molecule has 166 valence electrons. The van der Waals surface area contributed by atoms with Crippen molar-refractivity contribution >= 4 is 17.7 Å². The maximum Gasteiger partial charge on any atom is 0.411 e. The minimum atomic E-state index is -0.491. The summed E-state index contributed by atoms with van der Waals surface area (Å²) in [5.74, 6) is 0.0551. The van der Waals surface area contributed by atoms with Crippen LogP contribution in [0.5, 0.6) is 0 Å². The number of hydrogen-bond acceptors (Lipinski definition) is 5. The van der Waals surface area contributed by atoms with Gasteiger partial charge in [-0.3, -0.25) is 15.0 Å². The summed E-state index contributed by atoms with van der Waals surface area (Å²) >= 11 is 0. The zero-order valence-corrected chi connectivity index (χ0v) is 18.6. The molecule has 7 nitrogen and oxygen atoms in total. The van der Waals surface area contributed by atoms with Crippen LogP contribution in [-0.4, -0.2) is 68.2 Å². The molecule has 1 fully saturated rings. The molecular weight excluding hydrogens is 392 g/mol. The average Bonchev–Trinajstić information content (AvgIpc) is 2.81. The fraction of sp³-hybridized carbons (Fsp3) is 0.417. The lowest BCUT2D eigenvalue weighted by atomic mass is 9.95. The van der Waals surface area contributed by atoms with Gasteiger partial charge in [0.15, 0.2) is 0 Å². The number of hydrogen-bond donors (Lipinski definition) is 2. The third-order valence-electron chi connectivity index (χ3n) is 5.67. The quantitative estimate of drug-likeness (QED) is 0.713. The Morgan fingerprint density at radius 2 is 1.74 bits per heavy atom. The van der Waals surface area contributed by atoms with Crippen molar-refractivity contribution in [3.8, 4) is 0 Å². The molecule has 1 saturated heterocycles. The Balaban J connectivity index is 1.92. The smallest absolute Gasteiger partial charge is 0.411 e. The van der Waals surface area contributed by atoms with Crippen molar-refractivity contribution in [1.82, 2.24) is 15.1 Å². The van der Waals surface area contributed by atoms with Crippen LogP contribution in [0, 0.1) is 0 Å². The largest absolute Gasteiger partial charge is 0.453 e. The Labute approximate surface area is 184 Å². The lowest BCUT2D eigenvalue weighted by Gasteiger charge is -2.36. The molecule has 0 saturated carbocycles. The molecule has 2 N–H and O–H groups in total. The number of amides is 2. The number of rotatable bonds is 7. The van der Waals surface area contributed by atoms with Gasteiger partial charge in [0.05, 0.1) is 13.2 Å². The number of carbonyl (C=O) groups excluding carboxylic acids is 2. The van der Waals surface area contributed by atoms with E-state index in [4.69, 9.17) is 4.74 Å². The summed E-state index contributed by atoms with van der Waals surface area (Å²) in [6.45, 7) is 9.06. The van der Waals surface area contributed by atoms with E-state index in [1.165, 1.54) is 7.11 Å². The molecule has 2 aromatic carbocycles. The SMILES string of the molecule is CCN(CC)C(=O)c1ccc([C@H](c2cccc(NC(=O)OC)c2)N2CCNCC2)cc1. The van der Waals surface area contributed by atoms with E-state index in [0.717, 1.165) is 37.3 Å². The maximum atomic E-state index is 12.7. The van der Waals surface area contributed by atoms with Gasteiger partial charge in [-0.1, -0.05) is 24.3 Å². The number of piperazine rings is 1. The van der Waals surface area contributed by atoms with Crippen LogP contribution in [0.25, 0.3) is 0 Å². The highest BCUT2D eigenvalue weighted by atomic mass is 16.5. The molecule has 1 aliphatic heterocycles. The Morgan fingerprint density at radius 3 is 2.35 bits per heavy atom. The van der Waals surface area contributed by atoms with E-state index in [-0.39, 0.29) is 11.9 Å². The molecule has 2 aromatic rings. The van der Waals surface area contributed by atoms with Gasteiger partial charge in [-0.15, -0.1) is 0 Å². The molecule has 1 aliphatic rings. The molecule has 0 aromatic heterocycles. The van der Waals surface area contributed by atoms with Crippen molar-refractivity contribution in [3.63, 3.8) is 0 Å². The summed E-state index contributed by atoms with van der Waals surface area (Å²) in [7, 11) is 1.35. The van der Waals surface area contributed by atoms with E-state index >= 15 is 0 Å². The molecule has 0 unspecified atom stereocenters. The van der Waals surface area contributed by atoms with E-state index in [0.29, 0.717) is 24.3 Å². The molecule has 0 radical (unpaired) electrons. The fourth-order valence-electron chi connectivity index (χ4n) is 4.01. The number of anilines is 1. The minimum Gasteiger partial charge on any atom is -0.453 e. The molecular formula is C24H32N4O3. The lowest BCUT2D eigenvalue weighted by molar-refractivity contribution is 0.0773. The van der Waals surface area contributed by atoms with E-state index in [1.807, 2.05) is 61.2 Å². The van der Waals surface area contributed by atoms with E-state index in [1.54, 1.807) is 0 Å². The van der Waals surface area contributed by atoms with Crippen LogP contribution in [0.4, 0.5) is 10.5 Å². The van der Waals surface area contributed by atoms with Crippen molar-refractivity contribution in [1.29, 1.82) is 0 Å². The van der Waals surface area contributed by atoms with Gasteiger partial charge in [0.1, 0.15) is 0 Å². The summed E-state index contributed by atoms with van der Waals surface area (Å²) in [5.41, 5.74) is 3.59. The predicted molar refractivity (Wildman–Crippen MR) is 122 cm³/mol. The monoisotopic (exact) mass is 424 g/mol. The van der Waals surface area contributed by atoms with Crippen LogP contribution in [0.2, 0.25) is 0 Å². The first-order valence-electron chi connectivity index (χ1n) is 10.9. The highest BCUT2D eigenvalue weighted by Gasteiger charge is 2.25. The molecule has 0 bridgehead atoms. The second kappa shape index (κ2) is 10.9. The second-order valence-electron chi connectivity index (χ2n) is 7.53. The van der Waals surface area contributed by atoms with Gasteiger partial charge in [0, 0.05) is 50.5 Å². The topological polar surface area (TPSA) is 73.9 Å². The van der Waals surface area contributed by atoms with Gasteiger partial charge < -0.3 is 15.0 Å². The number of ether oxygens (including phenoxy) is 1. The molecule has 31 heavy (non-hydrogen) atoms. The third kappa shape index (κ3) is 5.62. The molecule has 1 atom stereocenters. The first-order chi connectivity index (χ1) is 15.1. The van der Waals surface area contributed by atoms with Crippen LogP contribution in [0.1, 0.15) is 41.4 Å². The van der Waals surface area contributed by atoms with Crippen molar-refractivity contribution < 1.29 is 14.3 Å². The van der Waals surface area contributed by atoms with Crippen LogP contribution >= 0.6 is 0 Å².